The maximum atomic E-state index is 4.72. The molecule has 0 aliphatic heterocycles. The summed E-state index contributed by atoms with van der Waals surface area (Å²) in [6, 6.07) is 29.6. The van der Waals surface area contributed by atoms with Crippen LogP contribution in [0.1, 0.15) is 27.8 Å². The van der Waals surface area contributed by atoms with E-state index in [2.05, 4.69) is 105 Å². The van der Waals surface area contributed by atoms with Crippen LogP contribution in [0.25, 0.3) is 39.6 Å². The van der Waals surface area contributed by atoms with Gasteiger partial charge in [-0.25, -0.2) is 0 Å². The first-order valence-electron chi connectivity index (χ1n) is 11.7. The minimum absolute atomic E-state index is 0.842. The van der Waals surface area contributed by atoms with Crippen molar-refractivity contribution in [3.05, 3.63) is 113 Å². The zero-order valence-corrected chi connectivity index (χ0v) is 20.4. The molecule has 0 N–H and O–H groups in total. The molecular formula is C31H29N3. The average molecular weight is 444 g/mol. The molecule has 0 radical (unpaired) electrons. The van der Waals surface area contributed by atoms with Gasteiger partial charge in [0, 0.05) is 16.8 Å². The van der Waals surface area contributed by atoms with Crippen LogP contribution in [-0.2, 0) is 0 Å². The van der Waals surface area contributed by atoms with Crippen LogP contribution in [0.5, 0.6) is 0 Å². The molecule has 1 heterocycles. The summed E-state index contributed by atoms with van der Waals surface area (Å²) in [6.45, 7) is 10.9. The molecule has 0 fully saturated rings. The molecule has 0 aliphatic carbocycles. The van der Waals surface area contributed by atoms with E-state index in [1.165, 1.54) is 38.9 Å². The van der Waals surface area contributed by atoms with Crippen molar-refractivity contribution >= 4 is 0 Å². The SMILES string of the molecule is Cc1ccc(-c2cc(C)c(-c3nnc(-c4ccccc4)n3-c3ccccc3)c(C)c2)c(C)c1C. The third kappa shape index (κ3) is 3.73. The van der Waals surface area contributed by atoms with E-state index >= 15 is 0 Å². The Labute approximate surface area is 201 Å². The summed E-state index contributed by atoms with van der Waals surface area (Å²) in [6.07, 6.45) is 0. The molecule has 0 saturated heterocycles. The Morgan fingerprint density at radius 3 is 1.76 bits per heavy atom. The maximum absolute atomic E-state index is 4.72. The Morgan fingerprint density at radius 2 is 1.12 bits per heavy atom. The lowest BCUT2D eigenvalue weighted by Gasteiger charge is -2.17. The molecule has 3 heteroatoms. The fourth-order valence-electron chi connectivity index (χ4n) is 4.78. The maximum Gasteiger partial charge on any atom is 0.169 e. The highest BCUT2D eigenvalue weighted by Gasteiger charge is 2.21. The lowest BCUT2D eigenvalue weighted by atomic mass is 9.90. The lowest BCUT2D eigenvalue weighted by Crippen LogP contribution is -2.03. The number of aromatic nitrogens is 3. The van der Waals surface area contributed by atoms with Gasteiger partial charge in [0.15, 0.2) is 11.6 Å². The van der Waals surface area contributed by atoms with Crippen LogP contribution in [-0.4, -0.2) is 14.8 Å². The second-order valence-corrected chi connectivity index (χ2v) is 9.05. The number of hydrogen-bond acceptors (Lipinski definition) is 2. The summed E-state index contributed by atoms with van der Waals surface area (Å²) < 4.78 is 2.17. The summed E-state index contributed by atoms with van der Waals surface area (Å²) in [5, 5.41) is 9.37. The summed E-state index contributed by atoms with van der Waals surface area (Å²) in [5.74, 6) is 1.71. The van der Waals surface area contributed by atoms with Crippen molar-refractivity contribution in [2.24, 2.45) is 0 Å². The van der Waals surface area contributed by atoms with Crippen LogP contribution >= 0.6 is 0 Å². The number of hydrogen-bond donors (Lipinski definition) is 0. The molecule has 0 aliphatic rings. The largest absolute Gasteiger partial charge is 0.275 e. The van der Waals surface area contributed by atoms with Crippen LogP contribution in [0.4, 0.5) is 0 Å². The normalized spacial score (nSPS) is 11.1. The van der Waals surface area contributed by atoms with Crippen molar-refractivity contribution < 1.29 is 0 Å². The monoisotopic (exact) mass is 443 g/mol. The van der Waals surface area contributed by atoms with E-state index in [9.17, 15) is 0 Å². The van der Waals surface area contributed by atoms with Gasteiger partial charge in [-0.2, -0.15) is 0 Å². The third-order valence-electron chi connectivity index (χ3n) is 6.83. The van der Waals surface area contributed by atoms with E-state index in [0.717, 1.165) is 28.5 Å². The lowest BCUT2D eigenvalue weighted by molar-refractivity contribution is 1.07. The number of aryl methyl sites for hydroxylation is 3. The molecule has 4 aromatic carbocycles. The molecule has 3 nitrogen and oxygen atoms in total. The molecule has 1 aromatic heterocycles. The number of nitrogens with zero attached hydrogens (tertiary/aromatic N) is 3. The van der Waals surface area contributed by atoms with Crippen LogP contribution < -0.4 is 0 Å². The van der Waals surface area contributed by atoms with Gasteiger partial charge in [-0.3, -0.25) is 4.57 Å². The Morgan fingerprint density at radius 1 is 0.529 bits per heavy atom. The molecule has 5 rings (SSSR count). The van der Waals surface area contributed by atoms with Gasteiger partial charge in [0.25, 0.3) is 0 Å². The molecule has 34 heavy (non-hydrogen) atoms. The molecule has 0 bridgehead atoms. The van der Waals surface area contributed by atoms with Gasteiger partial charge in [-0.1, -0.05) is 72.8 Å². The van der Waals surface area contributed by atoms with Gasteiger partial charge in [-0.05, 0) is 85.7 Å². The van der Waals surface area contributed by atoms with E-state index in [1.807, 2.05) is 24.3 Å². The molecule has 168 valence electrons. The first kappa shape index (κ1) is 21.8. The van der Waals surface area contributed by atoms with Crippen LogP contribution in [0.2, 0.25) is 0 Å². The Hall–Kier alpha value is -3.98. The standard InChI is InChI=1S/C31H29N3/c1-20-16-17-28(24(5)23(20)4)26-18-21(2)29(22(3)19-26)31-33-32-30(25-12-8-6-9-13-25)34(31)27-14-10-7-11-15-27/h6-19H,1-5H3. The molecule has 5 aromatic rings. The zero-order chi connectivity index (χ0) is 23.8. The summed E-state index contributed by atoms with van der Waals surface area (Å²) in [5.41, 5.74) is 12.2. The van der Waals surface area contributed by atoms with Crippen LogP contribution in [0.3, 0.4) is 0 Å². The number of rotatable bonds is 4. The first-order valence-corrected chi connectivity index (χ1v) is 11.7. The van der Waals surface area contributed by atoms with Crippen molar-refractivity contribution in [1.82, 2.24) is 14.8 Å². The number of benzene rings is 4. The topological polar surface area (TPSA) is 30.7 Å². The van der Waals surface area contributed by atoms with Gasteiger partial charge in [0.2, 0.25) is 0 Å². The molecule has 0 saturated carbocycles. The average Bonchev–Trinajstić information content (AvgIpc) is 3.28. The molecule has 0 amide bonds. The first-order chi connectivity index (χ1) is 16.5. The van der Waals surface area contributed by atoms with Gasteiger partial charge >= 0.3 is 0 Å². The molecule has 0 spiro atoms. The Kier molecular flexibility index (Phi) is 5.62. The van der Waals surface area contributed by atoms with Gasteiger partial charge in [-0.15, -0.1) is 10.2 Å². The summed E-state index contributed by atoms with van der Waals surface area (Å²) >= 11 is 0. The summed E-state index contributed by atoms with van der Waals surface area (Å²) in [4.78, 5) is 0. The second-order valence-electron chi connectivity index (χ2n) is 9.05. The number of para-hydroxylation sites is 1. The second kappa shape index (κ2) is 8.75. The Bertz CT molecular complexity index is 1460. The Balaban J connectivity index is 1.71. The minimum Gasteiger partial charge on any atom is -0.275 e. The summed E-state index contributed by atoms with van der Waals surface area (Å²) in [7, 11) is 0. The zero-order valence-electron chi connectivity index (χ0n) is 20.4. The highest BCUT2D eigenvalue weighted by molar-refractivity contribution is 5.78. The van der Waals surface area contributed by atoms with Crippen LogP contribution in [0, 0.1) is 34.6 Å². The van der Waals surface area contributed by atoms with Crippen molar-refractivity contribution in [3.63, 3.8) is 0 Å². The van der Waals surface area contributed by atoms with Crippen molar-refractivity contribution in [1.29, 1.82) is 0 Å². The van der Waals surface area contributed by atoms with E-state index in [4.69, 9.17) is 5.10 Å². The van der Waals surface area contributed by atoms with E-state index in [-0.39, 0.29) is 0 Å². The predicted molar refractivity (Wildman–Crippen MR) is 141 cm³/mol. The van der Waals surface area contributed by atoms with Crippen LogP contribution in [0.15, 0.2) is 84.9 Å². The van der Waals surface area contributed by atoms with Crippen molar-refractivity contribution in [2.45, 2.75) is 34.6 Å². The van der Waals surface area contributed by atoms with E-state index in [0.29, 0.717) is 0 Å². The van der Waals surface area contributed by atoms with Crippen molar-refractivity contribution in [2.75, 3.05) is 0 Å². The molecular weight excluding hydrogens is 414 g/mol. The fourth-order valence-corrected chi connectivity index (χ4v) is 4.78. The molecule has 0 unspecified atom stereocenters. The predicted octanol–water partition coefficient (Wildman–Crippen LogP) is 7.81. The highest BCUT2D eigenvalue weighted by atomic mass is 15.3. The minimum atomic E-state index is 0.842. The fraction of sp³-hybridized carbons (Fsp3) is 0.161. The third-order valence-corrected chi connectivity index (χ3v) is 6.83. The molecule has 0 atom stereocenters. The van der Waals surface area contributed by atoms with Crippen molar-refractivity contribution in [3.8, 4) is 39.6 Å². The highest BCUT2D eigenvalue weighted by Crippen LogP contribution is 2.36. The van der Waals surface area contributed by atoms with Gasteiger partial charge < -0.3 is 0 Å². The van der Waals surface area contributed by atoms with E-state index in [1.54, 1.807) is 0 Å². The van der Waals surface area contributed by atoms with Gasteiger partial charge in [0.1, 0.15) is 0 Å². The van der Waals surface area contributed by atoms with E-state index < -0.39 is 0 Å². The van der Waals surface area contributed by atoms with Gasteiger partial charge in [0.05, 0.1) is 0 Å². The quantitative estimate of drug-likeness (QED) is 0.283. The smallest absolute Gasteiger partial charge is 0.169 e.